The molecule has 0 bridgehead atoms. The van der Waals surface area contributed by atoms with Gasteiger partial charge in [-0.2, -0.15) is 0 Å². The van der Waals surface area contributed by atoms with Gasteiger partial charge in [0.1, 0.15) is 0 Å². The molecule has 0 aromatic heterocycles. The Hall–Kier alpha value is -0.340. The SMILES string of the molecule is CCCN1CCCN(CC2CCC=CCC2)CC1. The quantitative estimate of drug-likeness (QED) is 0.707. The summed E-state index contributed by atoms with van der Waals surface area (Å²) in [6.07, 6.45) is 12.9. The zero-order valence-electron chi connectivity index (χ0n) is 12.1. The van der Waals surface area contributed by atoms with Gasteiger partial charge in [-0.05, 0) is 64.1 Å². The third-order valence-corrected chi connectivity index (χ3v) is 4.39. The maximum Gasteiger partial charge on any atom is 0.0109 e. The van der Waals surface area contributed by atoms with Crippen molar-refractivity contribution < 1.29 is 0 Å². The predicted octanol–water partition coefficient (Wildman–Crippen LogP) is 3.15. The Balaban J connectivity index is 1.72. The molecule has 104 valence electrons. The van der Waals surface area contributed by atoms with Gasteiger partial charge in [0.05, 0.1) is 0 Å². The van der Waals surface area contributed by atoms with Crippen LogP contribution in [0.3, 0.4) is 0 Å². The van der Waals surface area contributed by atoms with Crippen molar-refractivity contribution in [3.05, 3.63) is 12.2 Å². The lowest BCUT2D eigenvalue weighted by atomic mass is 9.99. The van der Waals surface area contributed by atoms with Crippen molar-refractivity contribution in [2.75, 3.05) is 39.3 Å². The number of hydrogen-bond donors (Lipinski definition) is 0. The van der Waals surface area contributed by atoms with Crippen LogP contribution in [0.15, 0.2) is 12.2 Å². The Kier molecular flexibility index (Phi) is 6.22. The molecule has 2 rings (SSSR count). The third-order valence-electron chi connectivity index (χ3n) is 4.39. The molecule has 1 aliphatic carbocycles. The van der Waals surface area contributed by atoms with Gasteiger partial charge in [0, 0.05) is 19.6 Å². The van der Waals surface area contributed by atoms with Gasteiger partial charge in [-0.1, -0.05) is 19.1 Å². The average molecular weight is 250 g/mol. The van der Waals surface area contributed by atoms with Crippen molar-refractivity contribution in [2.24, 2.45) is 5.92 Å². The summed E-state index contributed by atoms with van der Waals surface area (Å²) in [6, 6.07) is 0. The highest BCUT2D eigenvalue weighted by Crippen LogP contribution is 2.20. The first-order valence-electron chi connectivity index (χ1n) is 7.98. The predicted molar refractivity (Wildman–Crippen MR) is 78.9 cm³/mol. The van der Waals surface area contributed by atoms with Crippen LogP contribution in [0.2, 0.25) is 0 Å². The number of allylic oxidation sites excluding steroid dienone is 2. The van der Waals surface area contributed by atoms with Crippen LogP contribution in [-0.2, 0) is 0 Å². The molecule has 1 saturated heterocycles. The van der Waals surface area contributed by atoms with Gasteiger partial charge in [-0.3, -0.25) is 0 Å². The van der Waals surface area contributed by atoms with Crippen LogP contribution in [0.25, 0.3) is 0 Å². The van der Waals surface area contributed by atoms with Crippen LogP contribution in [0.5, 0.6) is 0 Å². The van der Waals surface area contributed by atoms with E-state index in [0.29, 0.717) is 0 Å². The summed E-state index contributed by atoms with van der Waals surface area (Å²) in [4.78, 5) is 5.38. The molecule has 0 aromatic carbocycles. The molecule has 0 unspecified atom stereocenters. The minimum atomic E-state index is 0.942. The highest BCUT2D eigenvalue weighted by molar-refractivity contribution is 4.87. The first-order chi connectivity index (χ1) is 8.88. The fraction of sp³-hybridized carbons (Fsp3) is 0.875. The Bertz CT molecular complexity index is 239. The second kappa shape index (κ2) is 7.96. The molecule has 0 aromatic rings. The lowest BCUT2D eigenvalue weighted by molar-refractivity contribution is 0.219. The van der Waals surface area contributed by atoms with E-state index in [4.69, 9.17) is 0 Å². The van der Waals surface area contributed by atoms with Crippen LogP contribution < -0.4 is 0 Å². The summed E-state index contributed by atoms with van der Waals surface area (Å²) in [6.45, 7) is 10.2. The Morgan fingerprint density at radius 1 is 0.944 bits per heavy atom. The molecule has 0 atom stereocenters. The molecule has 0 amide bonds. The van der Waals surface area contributed by atoms with Crippen molar-refractivity contribution in [3.8, 4) is 0 Å². The van der Waals surface area contributed by atoms with E-state index in [-0.39, 0.29) is 0 Å². The van der Waals surface area contributed by atoms with Crippen molar-refractivity contribution in [2.45, 2.75) is 45.4 Å². The monoisotopic (exact) mass is 250 g/mol. The average Bonchev–Trinajstić information content (AvgIpc) is 2.74. The molecule has 2 heteroatoms. The molecular weight excluding hydrogens is 220 g/mol. The van der Waals surface area contributed by atoms with Crippen molar-refractivity contribution in [3.63, 3.8) is 0 Å². The largest absolute Gasteiger partial charge is 0.302 e. The van der Waals surface area contributed by atoms with Crippen molar-refractivity contribution >= 4 is 0 Å². The molecule has 2 aliphatic rings. The molecule has 1 fully saturated rings. The summed E-state index contributed by atoms with van der Waals surface area (Å²) in [5.74, 6) is 0.942. The molecule has 0 spiro atoms. The van der Waals surface area contributed by atoms with Crippen LogP contribution in [-0.4, -0.2) is 49.1 Å². The van der Waals surface area contributed by atoms with E-state index in [9.17, 15) is 0 Å². The van der Waals surface area contributed by atoms with E-state index in [1.807, 2.05) is 0 Å². The Morgan fingerprint density at radius 2 is 1.61 bits per heavy atom. The summed E-state index contributed by atoms with van der Waals surface area (Å²) in [7, 11) is 0. The van der Waals surface area contributed by atoms with Gasteiger partial charge in [0.25, 0.3) is 0 Å². The molecule has 18 heavy (non-hydrogen) atoms. The van der Waals surface area contributed by atoms with E-state index < -0.39 is 0 Å². The molecule has 1 heterocycles. The second-order valence-corrected chi connectivity index (χ2v) is 5.99. The fourth-order valence-corrected chi connectivity index (χ4v) is 3.34. The molecule has 0 saturated carbocycles. The number of rotatable bonds is 4. The standard InChI is InChI=1S/C16H30N2/c1-2-10-17-11-7-12-18(14-13-17)15-16-8-5-3-4-6-9-16/h3-4,16H,2,5-15H2,1H3. The third kappa shape index (κ3) is 4.74. The molecule has 2 nitrogen and oxygen atoms in total. The van der Waals surface area contributed by atoms with Gasteiger partial charge in [0.15, 0.2) is 0 Å². The molecule has 1 aliphatic heterocycles. The van der Waals surface area contributed by atoms with Gasteiger partial charge in [-0.15, -0.1) is 0 Å². The minimum absolute atomic E-state index is 0.942. The lowest BCUT2D eigenvalue weighted by Crippen LogP contribution is -2.34. The van der Waals surface area contributed by atoms with E-state index in [1.54, 1.807) is 0 Å². The second-order valence-electron chi connectivity index (χ2n) is 5.99. The van der Waals surface area contributed by atoms with Crippen LogP contribution in [0, 0.1) is 5.92 Å². The topological polar surface area (TPSA) is 6.48 Å². The summed E-state index contributed by atoms with van der Waals surface area (Å²) in [5, 5.41) is 0. The van der Waals surface area contributed by atoms with Gasteiger partial charge < -0.3 is 9.80 Å². The van der Waals surface area contributed by atoms with Crippen LogP contribution >= 0.6 is 0 Å². The first-order valence-corrected chi connectivity index (χ1v) is 7.98. The van der Waals surface area contributed by atoms with E-state index in [2.05, 4.69) is 28.9 Å². The van der Waals surface area contributed by atoms with Crippen molar-refractivity contribution in [1.82, 2.24) is 9.80 Å². The highest BCUT2D eigenvalue weighted by atomic mass is 15.2. The first kappa shape index (κ1) is 14.1. The Labute approximate surface area is 113 Å². The van der Waals surface area contributed by atoms with E-state index in [0.717, 1.165) is 5.92 Å². The van der Waals surface area contributed by atoms with Crippen molar-refractivity contribution in [1.29, 1.82) is 0 Å². The minimum Gasteiger partial charge on any atom is -0.302 e. The molecule has 0 N–H and O–H groups in total. The maximum atomic E-state index is 2.73. The fourth-order valence-electron chi connectivity index (χ4n) is 3.34. The summed E-state index contributed by atoms with van der Waals surface area (Å²) < 4.78 is 0. The summed E-state index contributed by atoms with van der Waals surface area (Å²) in [5.41, 5.74) is 0. The van der Waals surface area contributed by atoms with E-state index in [1.165, 1.54) is 77.8 Å². The molecular formula is C16H30N2. The van der Waals surface area contributed by atoms with E-state index >= 15 is 0 Å². The molecule has 0 radical (unpaired) electrons. The summed E-state index contributed by atoms with van der Waals surface area (Å²) >= 11 is 0. The zero-order valence-corrected chi connectivity index (χ0v) is 12.1. The van der Waals surface area contributed by atoms with Gasteiger partial charge in [0.2, 0.25) is 0 Å². The van der Waals surface area contributed by atoms with Gasteiger partial charge in [-0.25, -0.2) is 0 Å². The lowest BCUT2D eigenvalue weighted by Gasteiger charge is -2.25. The normalized spacial score (nSPS) is 24.9. The highest BCUT2D eigenvalue weighted by Gasteiger charge is 2.18. The maximum absolute atomic E-state index is 2.73. The van der Waals surface area contributed by atoms with Crippen LogP contribution in [0.1, 0.15) is 45.4 Å². The number of nitrogens with zero attached hydrogens (tertiary/aromatic N) is 2. The number of hydrogen-bond acceptors (Lipinski definition) is 2. The van der Waals surface area contributed by atoms with Gasteiger partial charge >= 0.3 is 0 Å². The zero-order chi connectivity index (χ0) is 12.6. The Morgan fingerprint density at radius 3 is 2.33 bits per heavy atom. The smallest absolute Gasteiger partial charge is 0.0109 e. The van der Waals surface area contributed by atoms with Crippen LogP contribution in [0.4, 0.5) is 0 Å².